The van der Waals surface area contributed by atoms with Crippen LogP contribution in [0.15, 0.2) is 72.9 Å². The van der Waals surface area contributed by atoms with Gasteiger partial charge in [0.1, 0.15) is 13.2 Å². The maximum atomic E-state index is 12.7. The van der Waals surface area contributed by atoms with Crippen molar-refractivity contribution in [1.29, 1.82) is 0 Å². The van der Waals surface area contributed by atoms with Crippen molar-refractivity contribution in [2.45, 2.75) is 167 Å². The predicted octanol–water partition coefficient (Wildman–Crippen LogP) is 11.6. The molecule has 2 unspecified atom stereocenters. The van der Waals surface area contributed by atoms with Gasteiger partial charge in [0, 0.05) is 6.42 Å². The molecule has 1 N–H and O–H groups in total. The van der Waals surface area contributed by atoms with Crippen molar-refractivity contribution in [1.82, 2.24) is 0 Å². The van der Waals surface area contributed by atoms with Crippen LogP contribution < -0.4 is 0 Å². The van der Waals surface area contributed by atoms with E-state index in [0.717, 1.165) is 57.8 Å². The van der Waals surface area contributed by atoms with Gasteiger partial charge < -0.3 is 28.5 Å². The second-order valence-electron chi connectivity index (χ2n) is 15.6. The van der Waals surface area contributed by atoms with Gasteiger partial charge in [-0.1, -0.05) is 151 Å². The van der Waals surface area contributed by atoms with Gasteiger partial charge in [0.05, 0.1) is 40.8 Å². The maximum Gasteiger partial charge on any atom is 0.361 e. The average molecular weight is 801 g/mol. The number of carbonyl (C=O) groups is 3. The Balaban J connectivity index is 4.58. The fourth-order valence-electron chi connectivity index (χ4n) is 5.55. The number of aliphatic carboxylic acids is 1. The highest BCUT2D eigenvalue weighted by Crippen LogP contribution is 2.12. The molecule has 0 aromatic heterocycles. The zero-order valence-electron chi connectivity index (χ0n) is 36.7. The molecule has 0 saturated carbocycles. The molecule has 57 heavy (non-hydrogen) atoms. The Morgan fingerprint density at radius 3 is 1.56 bits per heavy atom. The molecular weight excluding hydrogens is 719 g/mol. The Labute approximate surface area is 347 Å². The lowest BCUT2D eigenvalue weighted by Gasteiger charge is -2.25. The molecule has 0 bridgehead atoms. The molecule has 326 valence electrons. The van der Waals surface area contributed by atoms with E-state index >= 15 is 0 Å². The summed E-state index contributed by atoms with van der Waals surface area (Å²) in [6.07, 6.45) is 45.6. The third-order valence-electron chi connectivity index (χ3n) is 8.98. The van der Waals surface area contributed by atoms with E-state index < -0.39 is 24.3 Å². The van der Waals surface area contributed by atoms with Crippen molar-refractivity contribution < 1.29 is 42.9 Å². The lowest BCUT2D eigenvalue weighted by molar-refractivity contribution is -0.870. The van der Waals surface area contributed by atoms with E-state index in [1.54, 1.807) is 6.08 Å². The highest BCUT2D eigenvalue weighted by Gasteiger charge is 2.24. The molecule has 2 atom stereocenters. The normalized spacial score (nSPS) is 13.6. The summed E-state index contributed by atoms with van der Waals surface area (Å²) >= 11 is 0. The molecule has 0 aliphatic heterocycles. The summed E-state index contributed by atoms with van der Waals surface area (Å²) in [6.45, 7) is 4.61. The van der Waals surface area contributed by atoms with Gasteiger partial charge in [0.2, 0.25) is 0 Å². The Morgan fingerprint density at radius 2 is 1.05 bits per heavy atom. The Hall–Kier alpha value is -3.27. The topological polar surface area (TPSA) is 108 Å². The van der Waals surface area contributed by atoms with Crippen molar-refractivity contribution in [2.75, 3.05) is 47.5 Å². The van der Waals surface area contributed by atoms with Crippen LogP contribution in [-0.2, 0) is 33.3 Å². The monoisotopic (exact) mass is 801 g/mol. The first-order chi connectivity index (χ1) is 27.6. The molecule has 0 aromatic rings. The second-order valence-corrected chi connectivity index (χ2v) is 15.6. The van der Waals surface area contributed by atoms with Gasteiger partial charge in [-0.2, -0.15) is 0 Å². The van der Waals surface area contributed by atoms with E-state index in [9.17, 15) is 19.5 Å². The van der Waals surface area contributed by atoms with Crippen LogP contribution in [0.1, 0.15) is 155 Å². The van der Waals surface area contributed by atoms with Crippen LogP contribution in [0.2, 0.25) is 0 Å². The Morgan fingerprint density at radius 1 is 0.561 bits per heavy atom. The van der Waals surface area contributed by atoms with E-state index in [2.05, 4.69) is 68.5 Å². The summed E-state index contributed by atoms with van der Waals surface area (Å²) in [5, 5.41) is 9.62. The number of carboxylic acids is 1. The lowest BCUT2D eigenvalue weighted by atomic mass is 10.1. The minimum atomic E-state index is -1.54. The smallest absolute Gasteiger partial charge is 0.361 e. The standard InChI is InChI=1S/C48H81NO8/c1-6-8-10-12-14-16-18-20-22-23-25-26-28-30-32-34-36-38-45(50)55-42-44(43-56-48(47(52)53)54-41-40-49(3,4)5)57-46(51)39-37-35-33-31-29-27-24-21-19-17-15-13-11-9-7-2/h9,11,15,17,20-22,24,29,31,35,37,44,48H,6-8,10,12-14,16,18-19,23,25-28,30,32-34,36,38-43H2,1-5H3/p+1/b11-9-,17-15-,22-20-,24-21-,31-29-,37-35-. The largest absolute Gasteiger partial charge is 0.477 e. The van der Waals surface area contributed by atoms with Crippen LogP contribution >= 0.6 is 0 Å². The summed E-state index contributed by atoms with van der Waals surface area (Å²) in [6, 6.07) is 0. The molecule has 0 fully saturated rings. The number of allylic oxidation sites excluding steroid dienone is 11. The van der Waals surface area contributed by atoms with E-state index in [1.165, 1.54) is 64.2 Å². The molecule has 0 rings (SSSR count). The van der Waals surface area contributed by atoms with Crippen LogP contribution in [0.25, 0.3) is 0 Å². The average Bonchev–Trinajstić information content (AvgIpc) is 3.17. The van der Waals surface area contributed by atoms with Crippen LogP contribution in [0.3, 0.4) is 0 Å². The maximum absolute atomic E-state index is 12.7. The highest BCUT2D eigenvalue weighted by atomic mass is 16.7. The number of hydrogen-bond donors (Lipinski definition) is 1. The van der Waals surface area contributed by atoms with Crippen molar-refractivity contribution in [3.8, 4) is 0 Å². The van der Waals surface area contributed by atoms with E-state index in [1.807, 2.05) is 33.3 Å². The van der Waals surface area contributed by atoms with Crippen molar-refractivity contribution >= 4 is 17.9 Å². The van der Waals surface area contributed by atoms with Gasteiger partial charge in [-0.3, -0.25) is 9.59 Å². The van der Waals surface area contributed by atoms with Crippen LogP contribution in [-0.4, -0.2) is 87.4 Å². The van der Waals surface area contributed by atoms with Crippen molar-refractivity contribution in [3.63, 3.8) is 0 Å². The molecule has 0 aliphatic carbocycles. The molecule has 9 nitrogen and oxygen atoms in total. The number of ether oxygens (including phenoxy) is 4. The number of quaternary nitrogens is 1. The van der Waals surface area contributed by atoms with Crippen LogP contribution in [0.4, 0.5) is 0 Å². The van der Waals surface area contributed by atoms with Crippen molar-refractivity contribution in [3.05, 3.63) is 72.9 Å². The summed E-state index contributed by atoms with van der Waals surface area (Å²) in [7, 11) is 5.92. The number of rotatable bonds is 39. The van der Waals surface area contributed by atoms with Gasteiger partial charge in [0.15, 0.2) is 6.10 Å². The van der Waals surface area contributed by atoms with Crippen molar-refractivity contribution in [2.24, 2.45) is 0 Å². The molecule has 0 heterocycles. The highest BCUT2D eigenvalue weighted by molar-refractivity contribution is 5.72. The van der Waals surface area contributed by atoms with Gasteiger partial charge in [0.25, 0.3) is 6.29 Å². The number of carbonyl (C=O) groups excluding carboxylic acids is 2. The summed E-state index contributed by atoms with van der Waals surface area (Å²) in [5.41, 5.74) is 0. The first-order valence-electron chi connectivity index (χ1n) is 22.1. The number of nitrogens with zero attached hydrogens (tertiary/aromatic N) is 1. The first kappa shape index (κ1) is 53.7. The third kappa shape index (κ3) is 40.7. The third-order valence-corrected chi connectivity index (χ3v) is 8.98. The molecule has 0 radical (unpaired) electrons. The number of likely N-dealkylation sites (N-methyl/N-ethyl adjacent to an activating group) is 1. The Bertz CT molecular complexity index is 1160. The number of carboxylic acid groups (broad SMARTS) is 1. The van der Waals surface area contributed by atoms with Crippen LogP contribution in [0, 0.1) is 0 Å². The van der Waals surface area contributed by atoms with E-state index in [4.69, 9.17) is 18.9 Å². The first-order valence-corrected chi connectivity index (χ1v) is 22.1. The molecule has 0 spiro atoms. The SMILES string of the molecule is CC/C=C\C/C=C\C/C=C\C/C=C\C/C=C\CC(=O)OC(COC(=O)CCCCCCCCC/C=C\CCCCCCCC)COC(OCC[N+](C)(C)C)C(=O)O. The number of unbranched alkanes of at least 4 members (excludes halogenated alkanes) is 13. The minimum absolute atomic E-state index is 0.0241. The number of hydrogen-bond acceptors (Lipinski definition) is 7. The summed E-state index contributed by atoms with van der Waals surface area (Å²) in [4.78, 5) is 37.0. The van der Waals surface area contributed by atoms with Gasteiger partial charge >= 0.3 is 17.9 Å². The predicted molar refractivity (Wildman–Crippen MR) is 235 cm³/mol. The molecule has 0 aliphatic rings. The molecular formula is C48H82NO8+. The van der Waals surface area contributed by atoms with E-state index in [-0.39, 0.29) is 38.6 Å². The lowest BCUT2D eigenvalue weighted by Crippen LogP contribution is -2.40. The molecule has 0 aromatic carbocycles. The van der Waals surface area contributed by atoms with Gasteiger partial charge in [-0.15, -0.1) is 0 Å². The second kappa shape index (κ2) is 39.6. The molecule has 0 saturated heterocycles. The zero-order valence-corrected chi connectivity index (χ0v) is 36.7. The Kier molecular flexibility index (Phi) is 37.3. The summed E-state index contributed by atoms with van der Waals surface area (Å²) < 4.78 is 22.6. The fourth-order valence-corrected chi connectivity index (χ4v) is 5.55. The number of esters is 2. The quantitative estimate of drug-likeness (QED) is 0.0215. The zero-order chi connectivity index (χ0) is 42.1. The van der Waals surface area contributed by atoms with Gasteiger partial charge in [-0.05, 0) is 64.2 Å². The van der Waals surface area contributed by atoms with Crippen LogP contribution in [0.5, 0.6) is 0 Å². The van der Waals surface area contributed by atoms with Gasteiger partial charge in [-0.25, -0.2) is 4.79 Å². The molecule has 0 amide bonds. The fraction of sp³-hybridized carbons (Fsp3) is 0.688. The minimum Gasteiger partial charge on any atom is -0.477 e. The van der Waals surface area contributed by atoms with E-state index in [0.29, 0.717) is 17.4 Å². The summed E-state index contributed by atoms with van der Waals surface area (Å²) in [5.74, 6) is -2.19. The molecule has 9 heteroatoms.